The van der Waals surface area contributed by atoms with E-state index >= 15 is 0 Å². The van der Waals surface area contributed by atoms with E-state index < -0.39 is 8.07 Å². The Morgan fingerprint density at radius 3 is 1.03 bits per heavy atom. The van der Waals surface area contributed by atoms with Crippen molar-refractivity contribution in [1.82, 2.24) is 29.9 Å². The lowest BCUT2D eigenvalue weighted by Gasteiger charge is -2.31. The van der Waals surface area contributed by atoms with Crippen molar-refractivity contribution < 1.29 is 0 Å². The van der Waals surface area contributed by atoms with Crippen molar-refractivity contribution in [2.45, 2.75) is 115 Å². The van der Waals surface area contributed by atoms with Crippen molar-refractivity contribution in [3.8, 4) is 42.5 Å². The minimum atomic E-state index is -1.10. The lowest BCUT2D eigenvalue weighted by molar-refractivity contribution is 0.407. The summed E-state index contributed by atoms with van der Waals surface area (Å²) >= 11 is 2.30. The van der Waals surface area contributed by atoms with Gasteiger partial charge in [-0.25, -0.2) is 29.9 Å². The number of anilines is 3. The van der Waals surface area contributed by atoms with E-state index in [1.54, 1.807) is 18.6 Å². The monoisotopic (exact) mass is 1120 g/mol. The van der Waals surface area contributed by atoms with Crippen LogP contribution in [0.1, 0.15) is 115 Å². The van der Waals surface area contributed by atoms with Gasteiger partial charge in [0.1, 0.15) is 43.7 Å². The third kappa shape index (κ3) is 24.0. The largest absolute Gasteiger partial charge is 0.352 e. The minimum absolute atomic E-state index is 0.0938. The minimum Gasteiger partial charge on any atom is -0.352 e. The maximum absolute atomic E-state index is 9.03. The molecule has 0 atom stereocenters. The van der Waals surface area contributed by atoms with Crippen molar-refractivity contribution in [3.05, 3.63) is 158 Å². The third-order valence-electron chi connectivity index (χ3n) is 10.2. The van der Waals surface area contributed by atoms with Gasteiger partial charge in [-0.15, -0.1) is 18.4 Å². The molecule has 0 aliphatic heterocycles. The molecule has 0 saturated carbocycles. The van der Waals surface area contributed by atoms with Crippen LogP contribution in [0.15, 0.2) is 110 Å². The zero-order valence-corrected chi connectivity index (χ0v) is 48.9. The van der Waals surface area contributed by atoms with Crippen LogP contribution in [0.4, 0.5) is 17.5 Å². The van der Waals surface area contributed by atoms with Crippen molar-refractivity contribution in [2.75, 3.05) is 34.3 Å². The van der Waals surface area contributed by atoms with Gasteiger partial charge in [0.25, 0.3) is 0 Å². The van der Waals surface area contributed by atoms with Crippen LogP contribution >= 0.6 is 22.6 Å². The predicted molar refractivity (Wildman–Crippen MR) is 313 cm³/mol. The smallest absolute Gasteiger partial charge is 0.234 e. The molecule has 6 aromatic rings. The SMILES string of the molecule is C#C[Si](C)(C)C.C#Cc1ccc(CN(CC(C)(C)C)c2ccnc(C#N)n2)cc1.CC(C)(C)CN(Cc1ccc(I)cc1)c1ccnc(C#N)n1.CCc1ccc(CN(CC(C)(C)C)c2ccnc(C#N)n2)cc1. The van der Waals surface area contributed by atoms with Crippen molar-refractivity contribution in [1.29, 1.82) is 15.8 Å². The van der Waals surface area contributed by atoms with Gasteiger partial charge in [-0.2, -0.15) is 15.8 Å². The molecule has 0 radical (unpaired) electrons. The summed E-state index contributed by atoms with van der Waals surface area (Å²) in [5.41, 5.74) is 8.90. The summed E-state index contributed by atoms with van der Waals surface area (Å²) in [7, 11) is -1.10. The van der Waals surface area contributed by atoms with E-state index in [1.165, 1.54) is 20.3 Å². The number of aromatic nitrogens is 6. The maximum Gasteiger partial charge on any atom is 0.234 e. The highest BCUT2D eigenvalue weighted by molar-refractivity contribution is 14.1. The Morgan fingerprint density at radius 2 is 0.770 bits per heavy atom. The summed E-state index contributed by atoms with van der Waals surface area (Å²) in [6, 6.07) is 36.6. The van der Waals surface area contributed by atoms with E-state index in [2.05, 4.69) is 216 Å². The van der Waals surface area contributed by atoms with Gasteiger partial charge in [0.15, 0.2) is 0 Å². The lowest BCUT2D eigenvalue weighted by atomic mass is 9.95. The van der Waals surface area contributed by atoms with E-state index in [4.69, 9.17) is 28.6 Å². The number of terminal acetylenes is 2. The first-order chi connectivity index (χ1) is 34.7. The molecule has 74 heavy (non-hydrogen) atoms. The molecule has 0 aliphatic carbocycles. The number of nitrogens with zero attached hydrogens (tertiary/aromatic N) is 12. The zero-order chi connectivity index (χ0) is 55.1. The molecule has 12 nitrogen and oxygen atoms in total. The van der Waals surface area contributed by atoms with E-state index in [1.807, 2.05) is 60.7 Å². The first-order valence-corrected chi connectivity index (χ1v) is 29.1. The molecule has 3 heterocycles. The van der Waals surface area contributed by atoms with Gasteiger partial charge in [0.2, 0.25) is 17.5 Å². The number of rotatable bonds is 13. The fraction of sp³-hybridized carbons (Fsp3) is 0.383. The van der Waals surface area contributed by atoms with Crippen molar-refractivity contribution >= 4 is 48.1 Å². The summed E-state index contributed by atoms with van der Waals surface area (Å²) in [6.07, 6.45) is 16.5. The Bertz CT molecular complexity index is 2890. The number of hydrogen-bond acceptors (Lipinski definition) is 12. The second-order valence-corrected chi connectivity index (χ2v) is 28.4. The normalized spacial score (nSPS) is 10.9. The molecule has 0 aliphatic rings. The van der Waals surface area contributed by atoms with Crippen LogP contribution in [0.5, 0.6) is 0 Å². The van der Waals surface area contributed by atoms with Crippen LogP contribution in [0, 0.1) is 78.1 Å². The highest BCUT2D eigenvalue weighted by Gasteiger charge is 2.22. The predicted octanol–water partition coefficient (Wildman–Crippen LogP) is 12.8. The maximum atomic E-state index is 9.03. The average molecular weight is 1120 g/mol. The summed E-state index contributed by atoms with van der Waals surface area (Å²) < 4.78 is 1.22. The van der Waals surface area contributed by atoms with Crippen LogP contribution in [-0.4, -0.2) is 57.6 Å². The Labute approximate surface area is 457 Å². The molecule has 0 spiro atoms. The van der Waals surface area contributed by atoms with Crippen LogP contribution in [0.25, 0.3) is 0 Å². The molecule has 14 heteroatoms. The highest BCUT2D eigenvalue weighted by atomic mass is 127. The molecule has 6 rings (SSSR count). The number of hydrogen-bond donors (Lipinski definition) is 0. The topological polar surface area (TPSA) is 158 Å². The van der Waals surface area contributed by atoms with E-state index in [0.29, 0.717) is 6.54 Å². The zero-order valence-electron chi connectivity index (χ0n) is 45.7. The summed E-state index contributed by atoms with van der Waals surface area (Å²) in [6.45, 7) is 33.0. The fourth-order valence-electron chi connectivity index (χ4n) is 6.95. The third-order valence-corrected chi connectivity index (χ3v) is 11.8. The summed E-state index contributed by atoms with van der Waals surface area (Å²) in [5.74, 6) is 5.57. The molecule has 0 fully saturated rings. The standard InChI is InChI=1S/C19H24N4.C19H20N4.C17H19IN4.C5H10Si/c2*1-5-15-6-8-16(9-7-15)13-23(14-19(2,3)4)18-10-11-21-17(12-20)22-18;1-17(2,3)12-22(11-13-4-6-14(18)7-5-13)16-8-9-20-15(10-19)21-16;1-5-6(2,3)4/h6-11H,5,13-14H2,1-4H3;1,6-11H,13-14H2,2-4H3;4-9H,11-12H2,1-3H3;1H,2-4H3. The molecule has 384 valence electrons. The Hall–Kier alpha value is -7.16. The first kappa shape index (κ1) is 61.1. The van der Waals surface area contributed by atoms with Crippen molar-refractivity contribution in [2.24, 2.45) is 16.2 Å². The van der Waals surface area contributed by atoms with E-state index in [9.17, 15) is 0 Å². The van der Waals surface area contributed by atoms with Crippen LogP contribution in [0.3, 0.4) is 0 Å². The molecular formula is C60H73IN12Si. The Morgan fingerprint density at radius 1 is 0.486 bits per heavy atom. The van der Waals surface area contributed by atoms with Crippen LogP contribution in [-0.2, 0) is 26.1 Å². The van der Waals surface area contributed by atoms with Gasteiger partial charge < -0.3 is 14.7 Å². The number of benzene rings is 3. The molecule has 0 unspecified atom stereocenters. The molecule has 0 bridgehead atoms. The highest BCUT2D eigenvalue weighted by Crippen LogP contribution is 2.25. The average Bonchev–Trinajstić information content (AvgIpc) is 3.36. The van der Waals surface area contributed by atoms with Gasteiger partial charge in [-0.05, 0) is 110 Å². The quantitative estimate of drug-likeness (QED) is 0.0613. The molecular weight excluding hydrogens is 1040 g/mol. The van der Waals surface area contributed by atoms with Crippen LogP contribution < -0.4 is 14.7 Å². The Balaban J connectivity index is 0.000000277. The molecule has 0 saturated heterocycles. The second-order valence-electron chi connectivity index (χ2n) is 22.3. The second kappa shape index (κ2) is 28.9. The molecule has 3 aromatic carbocycles. The van der Waals surface area contributed by atoms with Gasteiger partial charge in [0, 0.05) is 67.0 Å². The fourth-order valence-corrected chi connectivity index (χ4v) is 7.31. The Kier molecular flexibility index (Phi) is 23.9. The summed E-state index contributed by atoms with van der Waals surface area (Å²) in [5, 5.41) is 27.0. The van der Waals surface area contributed by atoms with E-state index in [-0.39, 0.29) is 33.7 Å². The molecule has 0 N–H and O–H groups in total. The number of nitriles is 3. The van der Waals surface area contributed by atoms with Gasteiger partial charge in [-0.3, -0.25) is 0 Å². The summed E-state index contributed by atoms with van der Waals surface area (Å²) in [4.78, 5) is 31.5. The van der Waals surface area contributed by atoms with Gasteiger partial charge in [-0.1, -0.05) is 143 Å². The first-order valence-electron chi connectivity index (χ1n) is 24.6. The number of aryl methyl sites for hydroxylation is 1. The van der Waals surface area contributed by atoms with Crippen LogP contribution in [0.2, 0.25) is 19.6 Å². The van der Waals surface area contributed by atoms with E-state index in [0.717, 1.165) is 67.7 Å². The van der Waals surface area contributed by atoms with Crippen molar-refractivity contribution in [3.63, 3.8) is 0 Å². The van der Waals surface area contributed by atoms with Gasteiger partial charge >= 0.3 is 0 Å². The molecule has 3 aromatic heterocycles. The number of halogens is 1. The molecule has 0 amide bonds. The lowest BCUT2D eigenvalue weighted by Crippen LogP contribution is -2.33. The van der Waals surface area contributed by atoms with Gasteiger partial charge in [0.05, 0.1) is 0 Å².